The van der Waals surface area contributed by atoms with Crippen LogP contribution in [-0.4, -0.2) is 45.1 Å². The number of carbonyl (C=O) groups excluding carboxylic acids is 2. The third-order valence-corrected chi connectivity index (χ3v) is 4.87. The first kappa shape index (κ1) is 19.5. The topological polar surface area (TPSA) is 91.3 Å². The van der Waals surface area contributed by atoms with Crippen LogP contribution in [0.3, 0.4) is 0 Å². The van der Waals surface area contributed by atoms with Crippen LogP contribution < -0.4 is 18.9 Å². The van der Waals surface area contributed by atoms with Gasteiger partial charge >= 0.3 is 0 Å². The number of ether oxygens (including phenoxy) is 4. The second-order valence-corrected chi connectivity index (χ2v) is 6.64. The van der Waals surface area contributed by atoms with Crippen molar-refractivity contribution in [1.29, 1.82) is 0 Å². The van der Waals surface area contributed by atoms with Gasteiger partial charge in [-0.3, -0.25) is 9.59 Å². The molecule has 0 spiro atoms. The molecular formula is C21H22O7. The SMILES string of the molecule is COc1cc2c(c(OC)c1OC)C(=O)c1c(cc(OC)c(C(C)C)c1O)C2=O. The van der Waals surface area contributed by atoms with Crippen molar-refractivity contribution in [2.45, 2.75) is 19.8 Å². The fourth-order valence-electron chi connectivity index (χ4n) is 3.63. The molecule has 148 valence electrons. The lowest BCUT2D eigenvalue weighted by atomic mass is 9.80. The van der Waals surface area contributed by atoms with Gasteiger partial charge in [-0.05, 0) is 18.1 Å². The van der Waals surface area contributed by atoms with E-state index in [1.54, 1.807) is 0 Å². The van der Waals surface area contributed by atoms with E-state index in [2.05, 4.69) is 0 Å². The Morgan fingerprint density at radius 2 is 1.29 bits per heavy atom. The zero-order valence-electron chi connectivity index (χ0n) is 16.6. The summed E-state index contributed by atoms with van der Waals surface area (Å²) in [6, 6.07) is 2.94. The van der Waals surface area contributed by atoms with Crippen molar-refractivity contribution < 1.29 is 33.6 Å². The van der Waals surface area contributed by atoms with Crippen LogP contribution in [0.4, 0.5) is 0 Å². The number of aromatic hydroxyl groups is 1. The lowest BCUT2D eigenvalue weighted by Crippen LogP contribution is -2.23. The number of carbonyl (C=O) groups is 2. The molecule has 0 amide bonds. The van der Waals surface area contributed by atoms with Crippen LogP contribution in [-0.2, 0) is 0 Å². The lowest BCUT2D eigenvalue weighted by Gasteiger charge is -2.25. The molecule has 3 rings (SSSR count). The van der Waals surface area contributed by atoms with E-state index in [0.717, 1.165) is 0 Å². The van der Waals surface area contributed by atoms with Gasteiger partial charge < -0.3 is 24.1 Å². The Balaban J connectivity index is 2.41. The average Bonchev–Trinajstić information content (AvgIpc) is 2.68. The molecule has 7 heteroatoms. The molecule has 0 saturated heterocycles. The van der Waals surface area contributed by atoms with Crippen LogP contribution in [0.15, 0.2) is 12.1 Å². The first-order valence-corrected chi connectivity index (χ1v) is 8.68. The molecule has 2 aromatic rings. The highest BCUT2D eigenvalue weighted by atomic mass is 16.5. The van der Waals surface area contributed by atoms with Gasteiger partial charge in [0.05, 0.1) is 39.6 Å². The summed E-state index contributed by atoms with van der Waals surface area (Å²) in [5.74, 6) is -0.451. The molecule has 1 N–H and O–H groups in total. The molecule has 0 atom stereocenters. The third kappa shape index (κ3) is 2.58. The molecule has 1 aliphatic carbocycles. The number of benzene rings is 2. The molecule has 28 heavy (non-hydrogen) atoms. The molecular weight excluding hydrogens is 364 g/mol. The van der Waals surface area contributed by atoms with Crippen molar-refractivity contribution in [1.82, 2.24) is 0 Å². The molecule has 0 radical (unpaired) electrons. The number of phenols is 1. The molecule has 0 aliphatic heterocycles. The van der Waals surface area contributed by atoms with Gasteiger partial charge in [-0.25, -0.2) is 0 Å². The fourth-order valence-corrected chi connectivity index (χ4v) is 3.63. The predicted molar refractivity (Wildman–Crippen MR) is 102 cm³/mol. The van der Waals surface area contributed by atoms with E-state index < -0.39 is 11.6 Å². The maximum atomic E-state index is 13.4. The molecule has 0 aromatic heterocycles. The van der Waals surface area contributed by atoms with Crippen molar-refractivity contribution >= 4 is 11.6 Å². The smallest absolute Gasteiger partial charge is 0.204 e. The second-order valence-electron chi connectivity index (χ2n) is 6.64. The van der Waals surface area contributed by atoms with Gasteiger partial charge in [-0.15, -0.1) is 0 Å². The number of fused-ring (bicyclic) bond motifs is 2. The Morgan fingerprint density at radius 1 is 0.750 bits per heavy atom. The Labute approximate surface area is 162 Å². The van der Waals surface area contributed by atoms with Gasteiger partial charge in [-0.1, -0.05) is 13.8 Å². The minimum absolute atomic E-state index is 0.0350. The Kier molecular flexibility index (Phi) is 4.93. The summed E-state index contributed by atoms with van der Waals surface area (Å²) in [7, 11) is 5.66. The summed E-state index contributed by atoms with van der Waals surface area (Å²) in [6.07, 6.45) is 0. The average molecular weight is 386 g/mol. The number of phenolic OH excluding ortho intramolecular Hbond substituents is 1. The van der Waals surface area contributed by atoms with Crippen molar-refractivity contribution in [2.75, 3.05) is 28.4 Å². The standard InChI is InChI=1S/C21H22O7/c1-9(2)14-12(25-3)7-10-15(18(14)23)19(24)16-11(17(10)22)8-13(26-4)20(27-5)21(16)28-6/h7-9,23H,1-6H3. The predicted octanol–water partition coefficient (Wildman–Crippen LogP) is 3.33. The Bertz CT molecular complexity index is 989. The van der Waals surface area contributed by atoms with Crippen LogP contribution in [0.1, 0.15) is 57.2 Å². The summed E-state index contributed by atoms with van der Waals surface area (Å²) in [5, 5.41) is 10.9. The number of hydrogen-bond acceptors (Lipinski definition) is 7. The first-order chi connectivity index (χ1) is 13.3. The minimum atomic E-state index is -0.524. The number of methoxy groups -OCH3 is 4. The van der Waals surface area contributed by atoms with Crippen LogP contribution in [0.25, 0.3) is 0 Å². The summed E-state index contributed by atoms with van der Waals surface area (Å²) in [4.78, 5) is 26.6. The Hall–Kier alpha value is -3.22. The third-order valence-electron chi connectivity index (χ3n) is 4.87. The minimum Gasteiger partial charge on any atom is -0.507 e. The van der Waals surface area contributed by atoms with E-state index >= 15 is 0 Å². The molecule has 0 heterocycles. The summed E-state index contributed by atoms with van der Waals surface area (Å²) >= 11 is 0. The zero-order chi connectivity index (χ0) is 20.7. The van der Waals surface area contributed by atoms with Crippen LogP contribution in [0, 0.1) is 0 Å². The van der Waals surface area contributed by atoms with Gasteiger partial charge in [-0.2, -0.15) is 0 Å². The molecule has 2 aromatic carbocycles. The molecule has 7 nitrogen and oxygen atoms in total. The molecule has 0 unspecified atom stereocenters. The number of hydrogen-bond donors (Lipinski definition) is 1. The molecule has 0 bridgehead atoms. The highest BCUT2D eigenvalue weighted by Crippen LogP contribution is 2.49. The number of rotatable bonds is 5. The fraction of sp³-hybridized carbons (Fsp3) is 0.333. The zero-order valence-corrected chi connectivity index (χ0v) is 16.6. The molecule has 0 fully saturated rings. The van der Waals surface area contributed by atoms with Gasteiger partial charge in [0.1, 0.15) is 11.5 Å². The summed E-state index contributed by atoms with van der Waals surface area (Å²) in [5.41, 5.74) is 0.627. The summed E-state index contributed by atoms with van der Waals surface area (Å²) < 4.78 is 21.4. The van der Waals surface area contributed by atoms with Crippen molar-refractivity contribution in [3.8, 4) is 28.7 Å². The van der Waals surface area contributed by atoms with Crippen molar-refractivity contribution in [2.24, 2.45) is 0 Å². The maximum absolute atomic E-state index is 13.4. The highest BCUT2D eigenvalue weighted by molar-refractivity contribution is 6.31. The van der Waals surface area contributed by atoms with E-state index in [4.69, 9.17) is 18.9 Å². The number of ketones is 2. The molecule has 0 saturated carbocycles. The van der Waals surface area contributed by atoms with Crippen LogP contribution in [0.5, 0.6) is 28.7 Å². The van der Waals surface area contributed by atoms with Crippen molar-refractivity contribution in [3.05, 3.63) is 39.9 Å². The van der Waals surface area contributed by atoms with Gasteiger partial charge in [0.25, 0.3) is 0 Å². The molecule has 1 aliphatic rings. The largest absolute Gasteiger partial charge is 0.507 e. The normalized spacial score (nSPS) is 12.5. The monoisotopic (exact) mass is 386 g/mol. The van der Waals surface area contributed by atoms with Crippen LogP contribution in [0.2, 0.25) is 0 Å². The van der Waals surface area contributed by atoms with Gasteiger partial charge in [0.15, 0.2) is 17.3 Å². The van der Waals surface area contributed by atoms with Crippen LogP contribution >= 0.6 is 0 Å². The van der Waals surface area contributed by atoms with Crippen molar-refractivity contribution in [3.63, 3.8) is 0 Å². The van der Waals surface area contributed by atoms with E-state index in [-0.39, 0.29) is 51.2 Å². The van der Waals surface area contributed by atoms with E-state index in [1.807, 2.05) is 13.8 Å². The second kappa shape index (κ2) is 7.07. The first-order valence-electron chi connectivity index (χ1n) is 8.68. The van der Waals surface area contributed by atoms with E-state index in [9.17, 15) is 14.7 Å². The Morgan fingerprint density at radius 3 is 1.79 bits per heavy atom. The van der Waals surface area contributed by atoms with Gasteiger partial charge in [0, 0.05) is 16.7 Å². The highest BCUT2D eigenvalue weighted by Gasteiger charge is 2.39. The van der Waals surface area contributed by atoms with E-state index in [0.29, 0.717) is 11.3 Å². The van der Waals surface area contributed by atoms with Gasteiger partial charge in [0.2, 0.25) is 11.5 Å². The van der Waals surface area contributed by atoms with E-state index in [1.165, 1.54) is 40.6 Å². The lowest BCUT2D eigenvalue weighted by molar-refractivity contribution is 0.0972. The quantitative estimate of drug-likeness (QED) is 0.719. The maximum Gasteiger partial charge on any atom is 0.204 e. The summed E-state index contributed by atoms with van der Waals surface area (Å²) in [6.45, 7) is 3.73.